The van der Waals surface area contributed by atoms with Gasteiger partial charge in [-0.1, -0.05) is 11.6 Å². The molecule has 1 heterocycles. The first kappa shape index (κ1) is 13.7. The van der Waals surface area contributed by atoms with Crippen LogP contribution in [0.15, 0.2) is 35.4 Å². The lowest BCUT2D eigenvalue weighted by Crippen LogP contribution is -2.12. The van der Waals surface area contributed by atoms with E-state index in [9.17, 15) is 18.5 Å². The van der Waals surface area contributed by atoms with Crippen molar-refractivity contribution in [2.24, 2.45) is 0 Å². The Morgan fingerprint density at radius 2 is 1.95 bits per heavy atom. The maximum atomic E-state index is 11.9. The molecule has 0 aliphatic heterocycles. The van der Waals surface area contributed by atoms with E-state index in [1.54, 1.807) is 0 Å². The number of thiazole rings is 1. The van der Waals surface area contributed by atoms with Crippen molar-refractivity contribution in [3.8, 4) is 0 Å². The summed E-state index contributed by atoms with van der Waals surface area (Å²) in [7, 11) is -3.83. The number of nitrogens with zero attached hydrogens (tertiary/aromatic N) is 2. The minimum absolute atomic E-state index is 0.00486. The first-order chi connectivity index (χ1) is 8.88. The Kier molecular flexibility index (Phi) is 3.69. The third-order valence-corrected chi connectivity index (χ3v) is 4.62. The Morgan fingerprint density at radius 3 is 2.47 bits per heavy atom. The van der Waals surface area contributed by atoms with Gasteiger partial charge in [-0.25, -0.2) is 13.4 Å². The van der Waals surface area contributed by atoms with Gasteiger partial charge in [-0.3, -0.25) is 14.8 Å². The van der Waals surface area contributed by atoms with Crippen molar-refractivity contribution in [2.45, 2.75) is 4.90 Å². The van der Waals surface area contributed by atoms with Gasteiger partial charge in [0.2, 0.25) is 5.13 Å². The molecule has 0 unspecified atom stereocenters. The van der Waals surface area contributed by atoms with Crippen LogP contribution in [0.1, 0.15) is 0 Å². The minimum Gasteiger partial charge on any atom is -0.257 e. The zero-order chi connectivity index (χ0) is 14.0. The van der Waals surface area contributed by atoms with E-state index in [1.807, 2.05) is 0 Å². The van der Waals surface area contributed by atoms with Crippen molar-refractivity contribution in [3.05, 3.63) is 45.6 Å². The topological polar surface area (TPSA) is 102 Å². The summed E-state index contributed by atoms with van der Waals surface area (Å²) in [4.78, 5) is 13.5. The standard InChI is InChI=1S/C9H6ClN3O4S2/c10-6-1-3-7(4-2-6)19(16,17)12-9-11-5-8(18-9)13(14)15/h1-5H,(H,11,12). The fourth-order valence-electron chi connectivity index (χ4n) is 1.18. The van der Waals surface area contributed by atoms with Crippen molar-refractivity contribution in [1.82, 2.24) is 4.98 Å². The van der Waals surface area contributed by atoms with Gasteiger partial charge >= 0.3 is 5.00 Å². The van der Waals surface area contributed by atoms with Gasteiger partial charge in [-0.15, -0.1) is 0 Å². The van der Waals surface area contributed by atoms with E-state index in [0.717, 1.165) is 6.20 Å². The molecular formula is C9H6ClN3O4S2. The summed E-state index contributed by atoms with van der Waals surface area (Å²) in [5, 5.41) is 10.6. The van der Waals surface area contributed by atoms with E-state index < -0.39 is 14.9 Å². The molecule has 7 nitrogen and oxygen atoms in total. The second-order valence-electron chi connectivity index (χ2n) is 3.32. The van der Waals surface area contributed by atoms with Gasteiger partial charge in [-0.2, -0.15) is 0 Å². The van der Waals surface area contributed by atoms with Crippen LogP contribution in [0.2, 0.25) is 5.02 Å². The Morgan fingerprint density at radius 1 is 1.32 bits per heavy atom. The van der Waals surface area contributed by atoms with Crippen LogP contribution >= 0.6 is 22.9 Å². The molecule has 0 fully saturated rings. The predicted octanol–water partition coefficient (Wildman–Crippen LogP) is 2.51. The second-order valence-corrected chi connectivity index (χ2v) is 6.45. The molecule has 10 heteroatoms. The number of halogens is 1. The molecule has 0 spiro atoms. The Labute approximate surface area is 117 Å². The summed E-state index contributed by atoms with van der Waals surface area (Å²) in [5.74, 6) is 0. The summed E-state index contributed by atoms with van der Waals surface area (Å²) in [6, 6.07) is 5.51. The van der Waals surface area contributed by atoms with Crippen LogP contribution in [0.4, 0.5) is 10.1 Å². The van der Waals surface area contributed by atoms with Crippen LogP contribution in [-0.2, 0) is 10.0 Å². The van der Waals surface area contributed by atoms with Crippen molar-refractivity contribution in [1.29, 1.82) is 0 Å². The second kappa shape index (κ2) is 5.11. The maximum absolute atomic E-state index is 11.9. The number of sulfonamides is 1. The van der Waals surface area contributed by atoms with E-state index in [4.69, 9.17) is 11.6 Å². The molecule has 0 amide bonds. The summed E-state index contributed by atoms with van der Waals surface area (Å²) in [6.07, 6.45) is 0.990. The van der Waals surface area contributed by atoms with Gasteiger partial charge in [0.15, 0.2) is 0 Å². The number of hydrogen-bond donors (Lipinski definition) is 1. The van der Waals surface area contributed by atoms with Gasteiger partial charge in [0, 0.05) is 5.02 Å². The van der Waals surface area contributed by atoms with Gasteiger partial charge in [-0.05, 0) is 35.6 Å². The highest BCUT2D eigenvalue weighted by Gasteiger charge is 2.18. The lowest BCUT2D eigenvalue weighted by atomic mass is 10.4. The van der Waals surface area contributed by atoms with Crippen LogP contribution in [0, 0.1) is 10.1 Å². The summed E-state index contributed by atoms with van der Waals surface area (Å²) >= 11 is 6.30. The van der Waals surface area contributed by atoms with E-state index in [0.29, 0.717) is 16.4 Å². The van der Waals surface area contributed by atoms with E-state index in [2.05, 4.69) is 9.71 Å². The van der Waals surface area contributed by atoms with Gasteiger partial charge in [0.1, 0.15) is 6.20 Å². The summed E-state index contributed by atoms with van der Waals surface area (Å²) in [5.41, 5.74) is 0. The number of benzene rings is 1. The average Bonchev–Trinajstić information content (AvgIpc) is 2.77. The molecule has 2 aromatic rings. The number of nitro groups is 1. The SMILES string of the molecule is O=[N+]([O-])c1cnc(NS(=O)(=O)c2ccc(Cl)cc2)s1. The quantitative estimate of drug-likeness (QED) is 0.689. The fraction of sp³-hybridized carbons (Fsp3) is 0. The molecule has 0 bridgehead atoms. The predicted molar refractivity (Wildman–Crippen MR) is 71.0 cm³/mol. The first-order valence-electron chi connectivity index (χ1n) is 4.77. The van der Waals surface area contributed by atoms with Crippen molar-refractivity contribution in [3.63, 3.8) is 0 Å². The van der Waals surface area contributed by atoms with E-state index in [1.165, 1.54) is 24.3 Å². The minimum atomic E-state index is -3.83. The molecule has 1 aromatic carbocycles. The molecular weight excluding hydrogens is 314 g/mol. The highest BCUT2D eigenvalue weighted by atomic mass is 35.5. The molecule has 100 valence electrons. The van der Waals surface area contributed by atoms with Crippen LogP contribution in [0.5, 0.6) is 0 Å². The van der Waals surface area contributed by atoms with Gasteiger partial charge < -0.3 is 0 Å². The number of anilines is 1. The summed E-state index contributed by atoms with van der Waals surface area (Å²) < 4.78 is 26.0. The van der Waals surface area contributed by atoms with Crippen LogP contribution in [0.3, 0.4) is 0 Å². The number of hydrogen-bond acceptors (Lipinski definition) is 6. The average molecular weight is 320 g/mol. The zero-order valence-electron chi connectivity index (χ0n) is 9.11. The number of nitrogens with one attached hydrogen (secondary N) is 1. The maximum Gasteiger partial charge on any atom is 0.345 e. The molecule has 2 rings (SSSR count). The van der Waals surface area contributed by atoms with Crippen molar-refractivity contribution < 1.29 is 13.3 Å². The molecule has 0 aliphatic carbocycles. The van der Waals surface area contributed by atoms with Crippen LogP contribution in [0.25, 0.3) is 0 Å². The van der Waals surface area contributed by atoms with Crippen molar-refractivity contribution in [2.75, 3.05) is 4.72 Å². The highest BCUT2D eigenvalue weighted by Crippen LogP contribution is 2.27. The molecule has 0 atom stereocenters. The molecule has 0 aliphatic rings. The van der Waals surface area contributed by atoms with Gasteiger partial charge in [0.25, 0.3) is 10.0 Å². The highest BCUT2D eigenvalue weighted by molar-refractivity contribution is 7.93. The summed E-state index contributed by atoms with van der Waals surface area (Å²) in [6.45, 7) is 0. The first-order valence-corrected chi connectivity index (χ1v) is 7.45. The smallest absolute Gasteiger partial charge is 0.257 e. The Balaban J connectivity index is 2.25. The molecule has 0 saturated heterocycles. The molecule has 19 heavy (non-hydrogen) atoms. The third-order valence-electron chi connectivity index (χ3n) is 2.02. The fourth-order valence-corrected chi connectivity index (χ4v) is 3.18. The van der Waals surface area contributed by atoms with Crippen LogP contribution < -0.4 is 4.72 Å². The molecule has 1 aromatic heterocycles. The molecule has 1 N–H and O–H groups in total. The van der Waals surface area contributed by atoms with Gasteiger partial charge in [0.05, 0.1) is 9.82 Å². The van der Waals surface area contributed by atoms with Crippen molar-refractivity contribution >= 4 is 43.1 Å². The Bertz CT molecular complexity index is 711. The molecule has 0 radical (unpaired) electrons. The lowest BCUT2D eigenvalue weighted by Gasteiger charge is -2.04. The lowest BCUT2D eigenvalue weighted by molar-refractivity contribution is -0.380. The normalized spacial score (nSPS) is 11.2. The third kappa shape index (κ3) is 3.19. The zero-order valence-corrected chi connectivity index (χ0v) is 11.5. The van der Waals surface area contributed by atoms with Crippen LogP contribution in [-0.4, -0.2) is 18.3 Å². The number of aromatic nitrogens is 1. The van der Waals surface area contributed by atoms with E-state index >= 15 is 0 Å². The van der Waals surface area contributed by atoms with E-state index in [-0.39, 0.29) is 15.0 Å². The largest absolute Gasteiger partial charge is 0.345 e. The monoisotopic (exact) mass is 319 g/mol. The number of rotatable bonds is 4. The molecule has 0 saturated carbocycles. The Hall–Kier alpha value is -1.71.